The van der Waals surface area contributed by atoms with Crippen molar-refractivity contribution in [3.05, 3.63) is 29.9 Å². The van der Waals surface area contributed by atoms with Gasteiger partial charge in [-0.15, -0.1) is 0 Å². The maximum absolute atomic E-state index is 13.4. The summed E-state index contributed by atoms with van der Waals surface area (Å²) in [5.41, 5.74) is 1.41. The average Bonchev–Trinajstić information content (AvgIpc) is 2.65. The Morgan fingerprint density at radius 1 is 1.53 bits per heavy atom. The average molecular weight is 210 g/mol. The number of nitrogens with one attached hydrogen (secondary N) is 1. The number of pyridine rings is 1. The van der Waals surface area contributed by atoms with E-state index < -0.39 is 5.82 Å². The summed E-state index contributed by atoms with van der Waals surface area (Å²) in [7, 11) is 0. The minimum Gasteiger partial charge on any atom is -0.463 e. The van der Waals surface area contributed by atoms with Gasteiger partial charge in [-0.25, -0.2) is 9.37 Å². The van der Waals surface area contributed by atoms with E-state index >= 15 is 0 Å². The molecule has 0 aromatic carbocycles. The summed E-state index contributed by atoms with van der Waals surface area (Å²) in [5.74, 6) is -0.400. The van der Waals surface area contributed by atoms with Crippen molar-refractivity contribution >= 4 is 11.1 Å². The molecule has 2 heterocycles. The van der Waals surface area contributed by atoms with Crippen molar-refractivity contribution in [3.63, 3.8) is 0 Å². The summed E-state index contributed by atoms with van der Waals surface area (Å²) in [4.78, 5) is 4.09. The zero-order valence-corrected chi connectivity index (χ0v) is 8.03. The van der Waals surface area contributed by atoms with Gasteiger partial charge in [-0.2, -0.15) is 0 Å². The van der Waals surface area contributed by atoms with Gasteiger partial charge in [0, 0.05) is 25.2 Å². The van der Waals surface area contributed by atoms with Gasteiger partial charge in [0.2, 0.25) is 0 Å². The van der Waals surface area contributed by atoms with Crippen LogP contribution in [-0.2, 0) is 6.54 Å². The molecule has 5 heteroatoms. The standard InChI is InChI=1S/C10H11FN2O2/c11-7-5-10-8(1-4-15-10)13-9(7)6-12-2-3-14/h1,4-5,12,14H,2-3,6H2. The maximum atomic E-state index is 13.4. The van der Waals surface area contributed by atoms with E-state index in [4.69, 9.17) is 9.52 Å². The second-order valence-corrected chi connectivity index (χ2v) is 3.12. The monoisotopic (exact) mass is 210 g/mol. The Balaban J connectivity index is 2.22. The van der Waals surface area contributed by atoms with Gasteiger partial charge in [-0.3, -0.25) is 0 Å². The third kappa shape index (κ3) is 2.14. The number of nitrogens with zero attached hydrogens (tertiary/aromatic N) is 1. The molecule has 0 spiro atoms. The molecule has 2 rings (SSSR count). The molecule has 15 heavy (non-hydrogen) atoms. The minimum absolute atomic E-state index is 0.0234. The maximum Gasteiger partial charge on any atom is 0.155 e. The van der Waals surface area contributed by atoms with Gasteiger partial charge >= 0.3 is 0 Å². The molecule has 0 amide bonds. The quantitative estimate of drug-likeness (QED) is 0.740. The molecule has 0 aliphatic heterocycles. The molecule has 0 saturated heterocycles. The van der Waals surface area contributed by atoms with Crippen molar-refractivity contribution in [2.45, 2.75) is 6.54 Å². The summed E-state index contributed by atoms with van der Waals surface area (Å²) in [6, 6.07) is 3.00. The topological polar surface area (TPSA) is 58.3 Å². The number of hydrogen-bond donors (Lipinski definition) is 2. The summed E-state index contributed by atoms with van der Waals surface area (Å²) in [6.45, 7) is 0.744. The lowest BCUT2D eigenvalue weighted by Crippen LogP contribution is -2.19. The van der Waals surface area contributed by atoms with Crippen LogP contribution in [0.25, 0.3) is 11.1 Å². The highest BCUT2D eigenvalue weighted by Crippen LogP contribution is 2.16. The van der Waals surface area contributed by atoms with E-state index in [-0.39, 0.29) is 6.61 Å². The van der Waals surface area contributed by atoms with Crippen molar-refractivity contribution in [2.24, 2.45) is 0 Å². The molecule has 2 N–H and O–H groups in total. The molecule has 0 atom stereocenters. The van der Waals surface area contributed by atoms with E-state index in [2.05, 4.69) is 10.3 Å². The van der Waals surface area contributed by atoms with Crippen LogP contribution in [0.4, 0.5) is 4.39 Å². The van der Waals surface area contributed by atoms with E-state index in [0.29, 0.717) is 29.9 Å². The fourth-order valence-corrected chi connectivity index (χ4v) is 1.32. The van der Waals surface area contributed by atoms with Gasteiger partial charge in [0.15, 0.2) is 5.58 Å². The van der Waals surface area contributed by atoms with E-state index in [1.54, 1.807) is 6.07 Å². The first-order valence-electron chi connectivity index (χ1n) is 4.65. The van der Waals surface area contributed by atoms with Crippen molar-refractivity contribution in [2.75, 3.05) is 13.2 Å². The third-order valence-corrected chi connectivity index (χ3v) is 2.04. The predicted octanol–water partition coefficient (Wildman–Crippen LogP) is 1.05. The lowest BCUT2D eigenvalue weighted by Gasteiger charge is -2.03. The molecule has 0 aliphatic carbocycles. The van der Waals surface area contributed by atoms with Crippen molar-refractivity contribution in [3.8, 4) is 0 Å². The van der Waals surface area contributed by atoms with Crippen molar-refractivity contribution in [1.29, 1.82) is 0 Å². The number of halogens is 1. The van der Waals surface area contributed by atoms with Crippen LogP contribution < -0.4 is 5.32 Å². The normalized spacial score (nSPS) is 11.1. The van der Waals surface area contributed by atoms with Crippen LogP contribution >= 0.6 is 0 Å². The van der Waals surface area contributed by atoms with Crippen LogP contribution in [0.2, 0.25) is 0 Å². The summed E-state index contributed by atoms with van der Waals surface area (Å²) < 4.78 is 18.4. The highest BCUT2D eigenvalue weighted by molar-refractivity contribution is 5.72. The molecule has 2 aromatic heterocycles. The van der Waals surface area contributed by atoms with Crippen molar-refractivity contribution < 1.29 is 13.9 Å². The van der Waals surface area contributed by atoms with Crippen LogP contribution in [0.15, 0.2) is 22.8 Å². The number of aliphatic hydroxyl groups is 1. The Hall–Kier alpha value is -1.46. The minimum atomic E-state index is -0.400. The number of furan rings is 1. The molecular weight excluding hydrogens is 199 g/mol. The lowest BCUT2D eigenvalue weighted by atomic mass is 10.3. The molecule has 4 nitrogen and oxygen atoms in total. The SMILES string of the molecule is OCCNCc1nc2ccoc2cc1F. The lowest BCUT2D eigenvalue weighted by molar-refractivity contribution is 0.291. The molecule has 0 radical (unpaired) electrons. The van der Waals surface area contributed by atoms with E-state index in [1.165, 1.54) is 12.3 Å². The second kappa shape index (κ2) is 4.37. The van der Waals surface area contributed by atoms with E-state index in [9.17, 15) is 4.39 Å². The van der Waals surface area contributed by atoms with Crippen LogP contribution in [-0.4, -0.2) is 23.2 Å². The molecule has 0 aliphatic rings. The summed E-state index contributed by atoms with van der Waals surface area (Å²) in [5, 5.41) is 11.4. The van der Waals surface area contributed by atoms with Gasteiger partial charge in [0.05, 0.1) is 18.6 Å². The Labute approximate surface area is 85.7 Å². The molecule has 80 valence electrons. The van der Waals surface area contributed by atoms with Crippen LogP contribution in [0.1, 0.15) is 5.69 Å². The van der Waals surface area contributed by atoms with Gasteiger partial charge in [0.25, 0.3) is 0 Å². The molecule has 0 bridgehead atoms. The first kappa shape index (κ1) is 10.1. The summed E-state index contributed by atoms with van der Waals surface area (Å²) >= 11 is 0. The fourth-order valence-electron chi connectivity index (χ4n) is 1.32. The first-order valence-corrected chi connectivity index (χ1v) is 4.65. The van der Waals surface area contributed by atoms with Crippen molar-refractivity contribution in [1.82, 2.24) is 10.3 Å². The number of rotatable bonds is 4. The fraction of sp³-hybridized carbons (Fsp3) is 0.300. The number of aromatic nitrogens is 1. The molecule has 2 aromatic rings. The molecule has 0 saturated carbocycles. The third-order valence-electron chi connectivity index (χ3n) is 2.04. The number of hydrogen-bond acceptors (Lipinski definition) is 4. The molecule has 0 unspecified atom stereocenters. The van der Waals surface area contributed by atoms with E-state index in [1.807, 2.05) is 0 Å². The number of aliphatic hydroxyl groups excluding tert-OH is 1. The van der Waals surface area contributed by atoms with Gasteiger partial charge in [-0.05, 0) is 0 Å². The highest BCUT2D eigenvalue weighted by Gasteiger charge is 2.07. The predicted molar refractivity (Wildman–Crippen MR) is 52.8 cm³/mol. The van der Waals surface area contributed by atoms with Gasteiger partial charge in [-0.1, -0.05) is 0 Å². The Morgan fingerprint density at radius 3 is 3.20 bits per heavy atom. The molecule has 0 fully saturated rings. The zero-order valence-electron chi connectivity index (χ0n) is 8.03. The smallest absolute Gasteiger partial charge is 0.155 e. The largest absolute Gasteiger partial charge is 0.463 e. The van der Waals surface area contributed by atoms with E-state index in [0.717, 1.165) is 0 Å². The Bertz CT molecular complexity index is 456. The zero-order chi connectivity index (χ0) is 10.7. The Kier molecular flexibility index (Phi) is 2.94. The first-order chi connectivity index (χ1) is 7.31. The Morgan fingerprint density at radius 2 is 2.40 bits per heavy atom. The highest BCUT2D eigenvalue weighted by atomic mass is 19.1. The van der Waals surface area contributed by atoms with Crippen LogP contribution in [0.3, 0.4) is 0 Å². The van der Waals surface area contributed by atoms with Crippen LogP contribution in [0, 0.1) is 5.82 Å². The second-order valence-electron chi connectivity index (χ2n) is 3.12. The molecular formula is C10H11FN2O2. The van der Waals surface area contributed by atoms with Gasteiger partial charge in [0.1, 0.15) is 11.3 Å². The van der Waals surface area contributed by atoms with Gasteiger partial charge < -0.3 is 14.8 Å². The summed E-state index contributed by atoms with van der Waals surface area (Å²) in [6.07, 6.45) is 1.47. The van der Waals surface area contributed by atoms with Crippen LogP contribution in [0.5, 0.6) is 0 Å². The number of fused-ring (bicyclic) bond motifs is 1.